The van der Waals surface area contributed by atoms with Crippen LogP contribution >= 0.6 is 0 Å². The summed E-state index contributed by atoms with van der Waals surface area (Å²) in [6.45, 7) is 0.527. The van der Waals surface area contributed by atoms with Crippen LogP contribution in [0.2, 0.25) is 0 Å². The van der Waals surface area contributed by atoms with Crippen LogP contribution in [0.5, 0.6) is 0 Å². The van der Waals surface area contributed by atoms with Gasteiger partial charge in [-0.15, -0.1) is 0 Å². The highest BCUT2D eigenvalue weighted by Crippen LogP contribution is 2.35. The highest BCUT2D eigenvalue weighted by atomic mass is 19.4. The molecule has 0 fully saturated rings. The Morgan fingerprint density at radius 2 is 1.58 bits per heavy atom. The van der Waals surface area contributed by atoms with Crippen molar-refractivity contribution in [3.63, 3.8) is 0 Å². The lowest BCUT2D eigenvalue weighted by atomic mass is 9.93. The van der Waals surface area contributed by atoms with Gasteiger partial charge in [0.15, 0.2) is 0 Å². The SMILES string of the molecule is CCC(N)(CO)CCCOC(C(F)(F)F)C(F)(F)F. The van der Waals surface area contributed by atoms with Crippen LogP contribution in [-0.2, 0) is 4.74 Å². The van der Waals surface area contributed by atoms with Gasteiger partial charge in [-0.2, -0.15) is 26.3 Å². The second kappa shape index (κ2) is 6.76. The molecule has 0 aromatic rings. The van der Waals surface area contributed by atoms with Crippen molar-refractivity contribution in [3.8, 4) is 0 Å². The number of ether oxygens (including phenoxy) is 1. The number of aliphatic hydroxyl groups excluding tert-OH is 1. The van der Waals surface area contributed by atoms with Crippen LogP contribution in [0.4, 0.5) is 26.3 Å². The third kappa shape index (κ3) is 6.44. The Balaban J connectivity index is 4.31. The lowest BCUT2D eigenvalue weighted by molar-refractivity contribution is -0.321. The number of hydrogen-bond acceptors (Lipinski definition) is 3. The minimum Gasteiger partial charge on any atom is -0.394 e. The topological polar surface area (TPSA) is 55.5 Å². The largest absolute Gasteiger partial charge is 0.423 e. The van der Waals surface area contributed by atoms with Crippen molar-refractivity contribution >= 4 is 0 Å². The fraction of sp³-hybridized carbons (Fsp3) is 1.00. The van der Waals surface area contributed by atoms with E-state index in [4.69, 9.17) is 10.8 Å². The van der Waals surface area contributed by atoms with Crippen molar-refractivity contribution in [2.24, 2.45) is 5.73 Å². The molecule has 0 heterocycles. The van der Waals surface area contributed by atoms with Crippen molar-refractivity contribution < 1.29 is 36.2 Å². The van der Waals surface area contributed by atoms with Crippen molar-refractivity contribution in [2.75, 3.05) is 13.2 Å². The van der Waals surface area contributed by atoms with E-state index in [1.165, 1.54) is 0 Å². The maximum atomic E-state index is 12.1. The van der Waals surface area contributed by atoms with Gasteiger partial charge < -0.3 is 15.6 Å². The van der Waals surface area contributed by atoms with Gasteiger partial charge in [-0.25, -0.2) is 0 Å². The van der Waals surface area contributed by atoms with Crippen molar-refractivity contribution in [2.45, 2.75) is 50.2 Å². The third-order valence-electron chi connectivity index (χ3n) is 2.72. The van der Waals surface area contributed by atoms with Crippen molar-refractivity contribution in [1.29, 1.82) is 0 Å². The summed E-state index contributed by atoms with van der Waals surface area (Å²) in [6.07, 6.45) is -14.5. The summed E-state index contributed by atoms with van der Waals surface area (Å²) < 4.78 is 76.5. The van der Waals surface area contributed by atoms with Gasteiger partial charge in [0.25, 0.3) is 0 Å². The fourth-order valence-electron chi connectivity index (χ4n) is 1.37. The van der Waals surface area contributed by atoms with Crippen LogP contribution in [0, 0.1) is 0 Å². The third-order valence-corrected chi connectivity index (χ3v) is 2.72. The predicted octanol–water partition coefficient (Wildman–Crippen LogP) is 2.38. The molecule has 0 saturated carbocycles. The lowest BCUT2D eigenvalue weighted by Crippen LogP contribution is -2.45. The summed E-state index contributed by atoms with van der Waals surface area (Å²) in [5.74, 6) is 0. The van der Waals surface area contributed by atoms with E-state index < -0.39 is 37.2 Å². The molecule has 0 aromatic carbocycles. The maximum Gasteiger partial charge on any atom is 0.423 e. The molecule has 0 rings (SSSR count). The Morgan fingerprint density at radius 1 is 1.11 bits per heavy atom. The number of halogens is 6. The lowest BCUT2D eigenvalue weighted by Gasteiger charge is -2.27. The Labute approximate surface area is 106 Å². The van der Waals surface area contributed by atoms with Gasteiger partial charge in [0.2, 0.25) is 6.10 Å². The highest BCUT2D eigenvalue weighted by Gasteiger charge is 2.57. The van der Waals surface area contributed by atoms with Crippen LogP contribution in [0.15, 0.2) is 0 Å². The quantitative estimate of drug-likeness (QED) is 0.560. The number of rotatable bonds is 7. The predicted molar refractivity (Wildman–Crippen MR) is 55.4 cm³/mol. The average Bonchev–Trinajstić information content (AvgIpc) is 2.24. The molecule has 0 aliphatic rings. The first kappa shape index (κ1) is 18.5. The zero-order valence-corrected chi connectivity index (χ0v) is 10.3. The fourth-order valence-corrected chi connectivity index (χ4v) is 1.37. The molecule has 3 N–H and O–H groups in total. The minimum absolute atomic E-state index is 0.0719. The van der Waals surface area contributed by atoms with E-state index in [1.807, 2.05) is 0 Å². The molecule has 0 bridgehead atoms. The van der Waals surface area contributed by atoms with E-state index in [9.17, 15) is 26.3 Å². The molecule has 0 aromatic heterocycles. The second-order valence-electron chi connectivity index (χ2n) is 4.31. The molecule has 0 aliphatic carbocycles. The molecule has 19 heavy (non-hydrogen) atoms. The van der Waals surface area contributed by atoms with Crippen molar-refractivity contribution in [1.82, 2.24) is 0 Å². The number of nitrogens with two attached hydrogens (primary N) is 1. The first-order valence-electron chi connectivity index (χ1n) is 5.61. The summed E-state index contributed by atoms with van der Waals surface area (Å²) in [4.78, 5) is 0. The summed E-state index contributed by atoms with van der Waals surface area (Å²) in [7, 11) is 0. The number of aliphatic hydroxyl groups is 1. The zero-order chi connectivity index (χ0) is 15.3. The Kier molecular flexibility index (Phi) is 6.56. The molecule has 116 valence electrons. The maximum absolute atomic E-state index is 12.1. The van der Waals surface area contributed by atoms with Crippen LogP contribution < -0.4 is 5.73 Å². The van der Waals surface area contributed by atoms with Gasteiger partial charge in [0.05, 0.1) is 6.61 Å². The van der Waals surface area contributed by atoms with E-state index >= 15 is 0 Å². The Hall–Kier alpha value is -0.540. The molecule has 0 aliphatic heterocycles. The summed E-state index contributed by atoms with van der Waals surface area (Å²) in [5.41, 5.74) is 4.63. The number of hydrogen-bond donors (Lipinski definition) is 2. The van der Waals surface area contributed by atoms with Crippen LogP contribution in [0.3, 0.4) is 0 Å². The van der Waals surface area contributed by atoms with Gasteiger partial charge in [0.1, 0.15) is 0 Å². The second-order valence-corrected chi connectivity index (χ2v) is 4.31. The molecule has 3 nitrogen and oxygen atoms in total. The van der Waals surface area contributed by atoms with Gasteiger partial charge in [0, 0.05) is 12.1 Å². The van der Waals surface area contributed by atoms with Gasteiger partial charge in [-0.05, 0) is 19.3 Å². The van der Waals surface area contributed by atoms with Crippen LogP contribution in [0.25, 0.3) is 0 Å². The monoisotopic (exact) mass is 297 g/mol. The Bertz CT molecular complexity index is 248. The molecular weight excluding hydrogens is 280 g/mol. The molecule has 1 atom stereocenters. The van der Waals surface area contributed by atoms with Gasteiger partial charge in [-0.3, -0.25) is 0 Å². The van der Waals surface area contributed by atoms with E-state index in [0.29, 0.717) is 6.42 Å². The highest BCUT2D eigenvalue weighted by molar-refractivity contribution is 4.81. The zero-order valence-electron chi connectivity index (χ0n) is 10.3. The summed E-state index contributed by atoms with van der Waals surface area (Å²) >= 11 is 0. The minimum atomic E-state index is -5.50. The summed E-state index contributed by atoms with van der Waals surface area (Å²) in [5, 5.41) is 8.93. The van der Waals surface area contributed by atoms with Gasteiger partial charge >= 0.3 is 12.4 Å². The van der Waals surface area contributed by atoms with Crippen LogP contribution in [-0.4, -0.2) is 42.3 Å². The normalized spacial score (nSPS) is 16.7. The Morgan fingerprint density at radius 3 is 1.89 bits per heavy atom. The smallest absolute Gasteiger partial charge is 0.394 e. The molecule has 0 spiro atoms. The van der Waals surface area contributed by atoms with E-state index in [-0.39, 0.29) is 12.8 Å². The molecule has 0 saturated heterocycles. The number of alkyl halides is 6. The molecule has 9 heteroatoms. The molecular formula is C10H17F6NO2. The van der Waals surface area contributed by atoms with E-state index in [2.05, 4.69) is 4.74 Å². The molecule has 1 unspecified atom stereocenters. The average molecular weight is 297 g/mol. The first-order valence-corrected chi connectivity index (χ1v) is 5.61. The summed E-state index contributed by atoms with van der Waals surface area (Å²) in [6, 6.07) is 0. The van der Waals surface area contributed by atoms with E-state index in [1.54, 1.807) is 6.92 Å². The standard InChI is InChI=1S/C10H17F6NO2/c1-2-8(17,6-18)4-3-5-19-7(9(11,12)13)10(14,15)16/h7,18H,2-6,17H2,1H3. The van der Waals surface area contributed by atoms with Crippen molar-refractivity contribution in [3.05, 3.63) is 0 Å². The molecule has 0 radical (unpaired) electrons. The van der Waals surface area contributed by atoms with Gasteiger partial charge in [-0.1, -0.05) is 6.92 Å². The van der Waals surface area contributed by atoms with Crippen LogP contribution in [0.1, 0.15) is 26.2 Å². The van der Waals surface area contributed by atoms with E-state index in [0.717, 1.165) is 0 Å². The first-order chi connectivity index (χ1) is 8.46. The molecule has 0 amide bonds.